The van der Waals surface area contributed by atoms with E-state index >= 15 is 0 Å². The van der Waals surface area contributed by atoms with Crippen molar-refractivity contribution in [2.24, 2.45) is 0 Å². The van der Waals surface area contributed by atoms with Crippen LogP contribution in [0.4, 0.5) is 0 Å². The fourth-order valence-corrected chi connectivity index (χ4v) is 4.47. The summed E-state index contributed by atoms with van der Waals surface area (Å²) in [7, 11) is 0. The van der Waals surface area contributed by atoms with E-state index in [-0.39, 0.29) is 5.97 Å². The molecule has 0 saturated heterocycles. The van der Waals surface area contributed by atoms with Crippen LogP contribution in [0.2, 0.25) is 0 Å². The van der Waals surface area contributed by atoms with Crippen LogP contribution in [-0.4, -0.2) is 12.6 Å². The van der Waals surface area contributed by atoms with Gasteiger partial charge in [-0.3, -0.25) is 0 Å². The predicted octanol–water partition coefficient (Wildman–Crippen LogP) is 8.44. The topological polar surface area (TPSA) is 30.2 Å². The van der Waals surface area contributed by atoms with Gasteiger partial charge >= 0.3 is 5.97 Å². The summed E-state index contributed by atoms with van der Waals surface area (Å²) in [5.41, 5.74) is 1.79. The van der Waals surface area contributed by atoms with Gasteiger partial charge in [-0.25, -0.2) is 4.79 Å². The van der Waals surface area contributed by atoms with E-state index in [4.69, 9.17) is 4.74 Å². The van der Waals surface area contributed by atoms with Crippen LogP contribution in [-0.2, 0) is 11.3 Å². The minimum absolute atomic E-state index is 0.225. The molecule has 2 rings (SSSR count). The second kappa shape index (κ2) is 19.2. The molecule has 0 aliphatic heterocycles. The second-order valence-electron chi connectivity index (χ2n) is 9.64. The van der Waals surface area contributed by atoms with Crippen molar-refractivity contribution in [3.05, 3.63) is 66.0 Å². The number of carbonyl (C=O) groups is 1. The van der Waals surface area contributed by atoms with Gasteiger partial charge in [0.2, 0.25) is 0 Å². The molecule has 0 unspecified atom stereocenters. The van der Waals surface area contributed by atoms with Crippen molar-refractivity contribution in [1.82, 2.24) is 0 Å². The number of pyridine rings is 1. The molecule has 188 valence electrons. The molecule has 1 heterocycles. The number of unbranched alkanes of at least 4 members (excludes halogenated alkanes) is 15. The zero-order valence-corrected chi connectivity index (χ0v) is 21.7. The Balaban J connectivity index is 1.44. The first-order chi connectivity index (χ1) is 16.8. The average Bonchev–Trinajstić information content (AvgIpc) is 2.86. The van der Waals surface area contributed by atoms with E-state index in [1.807, 2.05) is 47.2 Å². The van der Waals surface area contributed by atoms with Crippen LogP contribution in [0.15, 0.2) is 54.7 Å². The van der Waals surface area contributed by atoms with Crippen molar-refractivity contribution >= 4 is 5.97 Å². The van der Waals surface area contributed by atoms with Crippen molar-refractivity contribution in [3.8, 4) is 0 Å². The van der Waals surface area contributed by atoms with Gasteiger partial charge in [-0.2, -0.15) is 4.57 Å². The van der Waals surface area contributed by atoms with Gasteiger partial charge in [-0.1, -0.05) is 134 Å². The van der Waals surface area contributed by atoms with E-state index < -0.39 is 0 Å². The van der Waals surface area contributed by atoms with E-state index in [0.29, 0.717) is 18.8 Å². The highest BCUT2D eigenvalue weighted by Gasteiger charge is 2.20. The number of hydrogen-bond acceptors (Lipinski definition) is 2. The lowest BCUT2D eigenvalue weighted by molar-refractivity contribution is -0.690. The number of benzene rings is 1. The highest BCUT2D eigenvalue weighted by Crippen LogP contribution is 2.14. The molecule has 0 amide bonds. The lowest BCUT2D eigenvalue weighted by Crippen LogP contribution is -2.41. The van der Waals surface area contributed by atoms with E-state index in [0.717, 1.165) is 12.8 Å². The van der Waals surface area contributed by atoms with Gasteiger partial charge in [0.05, 0.1) is 6.61 Å². The Morgan fingerprint density at radius 1 is 0.647 bits per heavy atom. The van der Waals surface area contributed by atoms with Crippen LogP contribution in [0.25, 0.3) is 0 Å². The molecule has 34 heavy (non-hydrogen) atoms. The third-order valence-corrected chi connectivity index (χ3v) is 6.58. The summed E-state index contributed by atoms with van der Waals surface area (Å²) in [5, 5.41) is 0. The van der Waals surface area contributed by atoms with Gasteiger partial charge in [-0.05, 0) is 12.5 Å². The third-order valence-electron chi connectivity index (χ3n) is 6.58. The van der Waals surface area contributed by atoms with Gasteiger partial charge in [0.1, 0.15) is 0 Å². The van der Waals surface area contributed by atoms with Crippen molar-refractivity contribution < 1.29 is 14.1 Å². The first kappa shape index (κ1) is 28.1. The smallest absolute Gasteiger partial charge is 0.403 e. The lowest BCUT2D eigenvalue weighted by Gasteiger charge is -2.06. The van der Waals surface area contributed by atoms with Gasteiger partial charge < -0.3 is 4.74 Å². The van der Waals surface area contributed by atoms with Gasteiger partial charge in [0.25, 0.3) is 5.69 Å². The van der Waals surface area contributed by atoms with Crippen molar-refractivity contribution in [2.45, 2.75) is 116 Å². The molecular weight excluding hydrogens is 418 g/mol. The molecule has 0 aliphatic rings. The van der Waals surface area contributed by atoms with Crippen molar-refractivity contribution in [3.63, 3.8) is 0 Å². The lowest BCUT2D eigenvalue weighted by atomic mass is 10.0. The Morgan fingerprint density at radius 2 is 1.15 bits per heavy atom. The van der Waals surface area contributed by atoms with Crippen molar-refractivity contribution in [1.29, 1.82) is 0 Å². The molecule has 0 atom stereocenters. The summed E-state index contributed by atoms with van der Waals surface area (Å²) in [6, 6.07) is 15.9. The average molecular weight is 467 g/mol. The van der Waals surface area contributed by atoms with Crippen LogP contribution in [0.3, 0.4) is 0 Å². The summed E-state index contributed by atoms with van der Waals surface area (Å²) >= 11 is 0. The van der Waals surface area contributed by atoms with Crippen LogP contribution in [0.1, 0.15) is 126 Å². The summed E-state index contributed by atoms with van der Waals surface area (Å²) < 4.78 is 7.53. The van der Waals surface area contributed by atoms with Crippen LogP contribution >= 0.6 is 0 Å². The summed E-state index contributed by atoms with van der Waals surface area (Å²) in [5.74, 6) is -0.225. The molecule has 0 N–H and O–H groups in total. The summed E-state index contributed by atoms with van der Waals surface area (Å²) in [4.78, 5) is 12.6. The SMILES string of the molecule is CCCCCCCCCCCCCCCCCCOC(=O)c1cccc[n+]1Cc1ccccc1. The quantitative estimate of drug-likeness (QED) is 0.111. The molecule has 3 heteroatoms. The Kier molecular flexibility index (Phi) is 15.8. The minimum Gasteiger partial charge on any atom is -0.458 e. The number of rotatable bonds is 20. The number of aromatic nitrogens is 1. The normalized spacial score (nSPS) is 11.0. The molecule has 3 nitrogen and oxygen atoms in total. The maximum atomic E-state index is 12.6. The Hall–Kier alpha value is -2.16. The highest BCUT2D eigenvalue weighted by atomic mass is 16.5. The molecule has 0 fully saturated rings. The maximum Gasteiger partial charge on any atom is 0.403 e. The zero-order valence-electron chi connectivity index (χ0n) is 21.7. The van der Waals surface area contributed by atoms with Crippen molar-refractivity contribution in [2.75, 3.05) is 6.61 Å². The number of esters is 1. The number of ether oxygens (including phenoxy) is 1. The fraction of sp³-hybridized carbons (Fsp3) is 0.613. The first-order valence-electron chi connectivity index (χ1n) is 14.0. The maximum absolute atomic E-state index is 12.6. The fourth-order valence-electron chi connectivity index (χ4n) is 4.47. The Bertz CT molecular complexity index is 759. The summed E-state index contributed by atoms with van der Waals surface area (Å²) in [6.45, 7) is 3.47. The van der Waals surface area contributed by atoms with Crippen LogP contribution in [0.5, 0.6) is 0 Å². The van der Waals surface area contributed by atoms with Gasteiger partial charge in [-0.15, -0.1) is 0 Å². The Labute approximate surface area is 208 Å². The molecule has 0 aliphatic carbocycles. The molecule has 0 bridgehead atoms. The first-order valence-corrected chi connectivity index (χ1v) is 14.0. The number of nitrogens with zero attached hydrogens (tertiary/aromatic N) is 1. The van der Waals surface area contributed by atoms with E-state index in [9.17, 15) is 4.79 Å². The Morgan fingerprint density at radius 3 is 1.71 bits per heavy atom. The number of hydrogen-bond donors (Lipinski definition) is 0. The summed E-state index contributed by atoms with van der Waals surface area (Å²) in [6.07, 6.45) is 23.5. The van der Waals surface area contributed by atoms with E-state index in [1.165, 1.54) is 95.5 Å². The third kappa shape index (κ3) is 12.9. The van der Waals surface area contributed by atoms with Gasteiger partial charge in [0.15, 0.2) is 12.7 Å². The van der Waals surface area contributed by atoms with Gasteiger partial charge in [0, 0.05) is 17.7 Å². The standard InChI is InChI=1S/C31H48NO2/c1-2-3-4-5-6-7-8-9-10-11-12-13-14-15-16-22-27-34-31(33)30-25-20-21-26-32(30)28-29-23-18-17-19-24-29/h17-21,23-26H,2-16,22,27-28H2,1H3/q+1. The molecule has 1 aromatic carbocycles. The molecule has 2 aromatic rings. The van der Waals surface area contributed by atoms with Crippen LogP contribution in [0, 0.1) is 0 Å². The highest BCUT2D eigenvalue weighted by molar-refractivity contribution is 5.85. The largest absolute Gasteiger partial charge is 0.458 e. The van der Waals surface area contributed by atoms with Crippen LogP contribution < -0.4 is 4.57 Å². The monoisotopic (exact) mass is 466 g/mol. The predicted molar refractivity (Wildman–Crippen MR) is 142 cm³/mol. The molecule has 0 radical (unpaired) electrons. The number of carbonyl (C=O) groups excluding carboxylic acids is 1. The van der Waals surface area contributed by atoms with E-state index in [1.54, 1.807) is 0 Å². The molecule has 0 saturated carbocycles. The second-order valence-corrected chi connectivity index (χ2v) is 9.64. The minimum atomic E-state index is -0.225. The molecular formula is C31H48NO2+. The van der Waals surface area contributed by atoms with E-state index in [2.05, 4.69) is 19.1 Å². The molecule has 1 aromatic heterocycles. The molecule has 0 spiro atoms. The zero-order chi connectivity index (χ0) is 24.1.